The summed E-state index contributed by atoms with van der Waals surface area (Å²) in [4.78, 5) is 16.3. The van der Waals surface area contributed by atoms with Crippen LogP contribution in [0.25, 0.3) is 10.9 Å². The van der Waals surface area contributed by atoms with E-state index in [1.54, 1.807) is 18.2 Å². The Hall–Kier alpha value is -0.590. The van der Waals surface area contributed by atoms with E-state index < -0.39 is 5.41 Å². The summed E-state index contributed by atoms with van der Waals surface area (Å²) in [7, 11) is 0. The molecule has 0 atom stereocenters. The van der Waals surface area contributed by atoms with Gasteiger partial charge in [0, 0.05) is 10.8 Å². The minimum absolute atomic E-state index is 0.00950. The molecule has 0 radical (unpaired) electrons. The van der Waals surface area contributed by atoms with Gasteiger partial charge in [0.1, 0.15) is 17.3 Å². The van der Waals surface area contributed by atoms with E-state index in [4.69, 9.17) is 27.9 Å². The Kier molecular flexibility index (Phi) is 5.00. The zero-order valence-corrected chi connectivity index (χ0v) is 15.5. The van der Waals surface area contributed by atoms with E-state index in [0.29, 0.717) is 21.4 Å². The molecule has 0 aliphatic rings. The minimum Gasteiger partial charge on any atom is -0.482 e. The van der Waals surface area contributed by atoms with Crippen molar-refractivity contribution in [1.82, 2.24) is 4.98 Å². The van der Waals surface area contributed by atoms with Crippen molar-refractivity contribution in [1.29, 1.82) is 0 Å². The summed E-state index contributed by atoms with van der Waals surface area (Å²) in [5.74, 6) is 0.554. The van der Waals surface area contributed by atoms with Crippen LogP contribution < -0.4 is 4.74 Å². The molecule has 0 aliphatic heterocycles. The standard InChI is InChI=1S/C15H14Cl2INO2/c1-15(2,3)11(20)7-21-14-10(18)6-9(16)8-4-5-12(17)19-13(8)14/h4-6H,7H2,1-3H3. The number of rotatable bonds is 3. The Balaban J connectivity index is 2.44. The normalized spacial score (nSPS) is 11.7. The molecule has 3 nitrogen and oxygen atoms in total. The zero-order valence-electron chi connectivity index (χ0n) is 11.8. The first-order chi connectivity index (χ1) is 9.70. The van der Waals surface area contributed by atoms with Crippen molar-refractivity contribution in [2.75, 3.05) is 6.61 Å². The number of ketones is 1. The van der Waals surface area contributed by atoms with E-state index in [1.807, 2.05) is 20.8 Å². The predicted octanol–water partition coefficient (Wildman–Crippen LogP) is 5.14. The van der Waals surface area contributed by atoms with Gasteiger partial charge in [0.25, 0.3) is 0 Å². The van der Waals surface area contributed by atoms with Gasteiger partial charge in [0.15, 0.2) is 11.5 Å². The highest BCUT2D eigenvalue weighted by Gasteiger charge is 2.23. The molecule has 1 aromatic carbocycles. The molecule has 112 valence electrons. The van der Waals surface area contributed by atoms with Crippen LogP contribution in [-0.4, -0.2) is 17.4 Å². The summed E-state index contributed by atoms with van der Waals surface area (Å²) < 4.78 is 6.50. The fourth-order valence-corrected chi connectivity index (χ4v) is 2.98. The van der Waals surface area contributed by atoms with Gasteiger partial charge in [0.2, 0.25) is 0 Å². The molecule has 0 bridgehead atoms. The molecule has 0 fully saturated rings. The third-order valence-electron chi connectivity index (χ3n) is 2.99. The Morgan fingerprint density at radius 1 is 1.33 bits per heavy atom. The van der Waals surface area contributed by atoms with Crippen LogP contribution in [0.3, 0.4) is 0 Å². The van der Waals surface area contributed by atoms with Crippen molar-refractivity contribution in [3.8, 4) is 5.75 Å². The molecule has 0 spiro atoms. The van der Waals surface area contributed by atoms with Gasteiger partial charge in [-0.1, -0.05) is 44.0 Å². The number of Topliss-reactive ketones (excluding diaryl/α,β-unsaturated/α-hetero) is 1. The first-order valence-electron chi connectivity index (χ1n) is 6.30. The van der Waals surface area contributed by atoms with E-state index in [-0.39, 0.29) is 12.4 Å². The monoisotopic (exact) mass is 437 g/mol. The maximum absolute atomic E-state index is 12.0. The van der Waals surface area contributed by atoms with Crippen molar-refractivity contribution in [2.24, 2.45) is 5.41 Å². The second kappa shape index (κ2) is 6.26. The molecule has 1 heterocycles. The number of benzene rings is 1. The fourth-order valence-electron chi connectivity index (χ4n) is 1.66. The van der Waals surface area contributed by atoms with Crippen LogP contribution in [0.15, 0.2) is 18.2 Å². The molecule has 0 aliphatic carbocycles. The number of hydrogen-bond donors (Lipinski definition) is 0. The summed E-state index contributed by atoms with van der Waals surface area (Å²) in [5.41, 5.74) is 0.125. The molecular formula is C15H14Cl2INO2. The number of ether oxygens (including phenoxy) is 1. The van der Waals surface area contributed by atoms with Crippen molar-refractivity contribution in [2.45, 2.75) is 20.8 Å². The molecule has 6 heteroatoms. The first-order valence-corrected chi connectivity index (χ1v) is 8.14. The second-order valence-electron chi connectivity index (χ2n) is 5.66. The van der Waals surface area contributed by atoms with Gasteiger partial charge in [-0.05, 0) is 40.8 Å². The Labute approximate surface area is 147 Å². The van der Waals surface area contributed by atoms with Crippen LogP contribution >= 0.6 is 45.8 Å². The van der Waals surface area contributed by atoms with Crippen molar-refractivity contribution in [3.05, 3.63) is 31.9 Å². The molecule has 2 rings (SSSR count). The lowest BCUT2D eigenvalue weighted by Crippen LogP contribution is -2.26. The number of fused-ring (bicyclic) bond motifs is 1. The van der Waals surface area contributed by atoms with Gasteiger partial charge in [-0.3, -0.25) is 4.79 Å². The lowest BCUT2D eigenvalue weighted by Gasteiger charge is -2.18. The van der Waals surface area contributed by atoms with E-state index in [2.05, 4.69) is 27.6 Å². The van der Waals surface area contributed by atoms with Crippen LogP contribution in [0.4, 0.5) is 0 Å². The highest BCUT2D eigenvalue weighted by Crippen LogP contribution is 2.35. The average Bonchev–Trinajstić information content (AvgIpc) is 2.36. The highest BCUT2D eigenvalue weighted by molar-refractivity contribution is 14.1. The van der Waals surface area contributed by atoms with Crippen molar-refractivity contribution < 1.29 is 9.53 Å². The molecule has 2 aromatic rings. The number of halogens is 3. The lowest BCUT2D eigenvalue weighted by atomic mass is 9.91. The molecule has 0 unspecified atom stereocenters. The SMILES string of the molecule is CC(C)(C)C(=O)COc1c(I)cc(Cl)c2ccc(Cl)nc12. The van der Waals surface area contributed by atoms with Crippen LogP contribution in [0.2, 0.25) is 10.2 Å². The van der Waals surface area contributed by atoms with E-state index >= 15 is 0 Å². The predicted molar refractivity (Wildman–Crippen MR) is 94.4 cm³/mol. The van der Waals surface area contributed by atoms with Gasteiger partial charge in [-0.2, -0.15) is 0 Å². The van der Waals surface area contributed by atoms with E-state index in [0.717, 1.165) is 8.96 Å². The number of nitrogens with zero attached hydrogens (tertiary/aromatic N) is 1. The number of aromatic nitrogens is 1. The van der Waals surface area contributed by atoms with Crippen LogP contribution in [0.1, 0.15) is 20.8 Å². The Morgan fingerprint density at radius 2 is 2.00 bits per heavy atom. The summed E-state index contributed by atoms with van der Waals surface area (Å²) in [5, 5.41) is 1.68. The first kappa shape index (κ1) is 16.8. The van der Waals surface area contributed by atoms with Crippen molar-refractivity contribution >= 4 is 62.5 Å². The summed E-state index contributed by atoms with van der Waals surface area (Å²) in [6.07, 6.45) is 0. The van der Waals surface area contributed by atoms with Crippen LogP contribution in [-0.2, 0) is 4.79 Å². The minimum atomic E-state index is -0.446. The van der Waals surface area contributed by atoms with E-state index in [9.17, 15) is 4.79 Å². The van der Waals surface area contributed by atoms with Gasteiger partial charge in [-0.25, -0.2) is 4.98 Å². The second-order valence-corrected chi connectivity index (χ2v) is 7.62. The maximum Gasteiger partial charge on any atom is 0.175 e. The number of carbonyl (C=O) groups is 1. The maximum atomic E-state index is 12.0. The third-order valence-corrected chi connectivity index (χ3v) is 4.31. The molecule has 0 saturated heterocycles. The largest absolute Gasteiger partial charge is 0.482 e. The van der Waals surface area contributed by atoms with E-state index in [1.165, 1.54) is 0 Å². The average molecular weight is 438 g/mol. The van der Waals surface area contributed by atoms with Gasteiger partial charge >= 0.3 is 0 Å². The molecule has 0 saturated carbocycles. The van der Waals surface area contributed by atoms with Gasteiger partial charge < -0.3 is 4.74 Å². The highest BCUT2D eigenvalue weighted by atomic mass is 127. The molecule has 21 heavy (non-hydrogen) atoms. The number of hydrogen-bond acceptors (Lipinski definition) is 3. The van der Waals surface area contributed by atoms with Crippen LogP contribution in [0, 0.1) is 8.99 Å². The molecule has 0 N–H and O–H groups in total. The van der Waals surface area contributed by atoms with Gasteiger partial charge in [0.05, 0.1) is 8.59 Å². The lowest BCUT2D eigenvalue weighted by molar-refractivity contribution is -0.128. The fraction of sp³-hybridized carbons (Fsp3) is 0.333. The molecular weight excluding hydrogens is 424 g/mol. The summed E-state index contributed by atoms with van der Waals surface area (Å²) >= 11 is 14.3. The Bertz CT molecular complexity index is 711. The zero-order chi connectivity index (χ0) is 15.8. The Morgan fingerprint density at radius 3 is 2.62 bits per heavy atom. The summed E-state index contributed by atoms with van der Waals surface area (Å²) in [6.45, 7) is 5.57. The smallest absolute Gasteiger partial charge is 0.175 e. The van der Waals surface area contributed by atoms with Gasteiger partial charge in [-0.15, -0.1) is 0 Å². The summed E-state index contributed by atoms with van der Waals surface area (Å²) in [6, 6.07) is 5.26. The quantitative estimate of drug-likeness (QED) is 0.493. The topological polar surface area (TPSA) is 39.2 Å². The molecule has 1 aromatic heterocycles. The third kappa shape index (κ3) is 3.79. The van der Waals surface area contributed by atoms with Crippen LogP contribution in [0.5, 0.6) is 5.75 Å². The number of carbonyl (C=O) groups excluding carboxylic acids is 1. The van der Waals surface area contributed by atoms with Crippen molar-refractivity contribution in [3.63, 3.8) is 0 Å². The molecule has 0 amide bonds. The number of pyridine rings is 1.